The maximum atomic E-state index is 12.9. The molecule has 0 aliphatic rings. The number of aromatic nitrogens is 1. The first kappa shape index (κ1) is 21.1. The van der Waals surface area contributed by atoms with E-state index in [4.69, 9.17) is 0 Å². The van der Waals surface area contributed by atoms with Gasteiger partial charge >= 0.3 is 0 Å². The van der Waals surface area contributed by atoms with Crippen LogP contribution in [0.15, 0.2) is 40.9 Å². The average molecular weight is 432 g/mol. The molecule has 0 saturated carbocycles. The van der Waals surface area contributed by atoms with E-state index in [1.54, 1.807) is 6.07 Å². The van der Waals surface area contributed by atoms with Crippen LogP contribution >= 0.6 is 15.9 Å². The molecule has 1 N–H and O–H groups in total. The molecule has 1 aromatic heterocycles. The van der Waals surface area contributed by atoms with Gasteiger partial charge in [-0.1, -0.05) is 28.1 Å². The van der Waals surface area contributed by atoms with Crippen LogP contribution in [0.1, 0.15) is 43.7 Å². The summed E-state index contributed by atoms with van der Waals surface area (Å²) >= 11 is 3.46. The van der Waals surface area contributed by atoms with Crippen LogP contribution in [0, 0.1) is 6.92 Å². The Morgan fingerprint density at radius 2 is 1.89 bits per heavy atom. The SMILES string of the molecule is CCN(CC(=O)NC(C)(C)C)C(=O)c1ccc(-c2cccc(Br)c2)nc1C. The molecule has 0 atom stereocenters. The van der Waals surface area contributed by atoms with Crippen LogP contribution in [0.5, 0.6) is 0 Å². The van der Waals surface area contributed by atoms with Crippen molar-refractivity contribution >= 4 is 27.7 Å². The topological polar surface area (TPSA) is 62.3 Å². The second-order valence-corrected chi connectivity index (χ2v) is 8.37. The monoisotopic (exact) mass is 431 g/mol. The van der Waals surface area contributed by atoms with Gasteiger partial charge in [0, 0.05) is 22.1 Å². The van der Waals surface area contributed by atoms with Gasteiger partial charge in [-0.25, -0.2) is 0 Å². The van der Waals surface area contributed by atoms with Crippen molar-refractivity contribution in [2.75, 3.05) is 13.1 Å². The number of benzene rings is 1. The van der Waals surface area contributed by atoms with Crippen LogP contribution in [-0.4, -0.2) is 40.3 Å². The molecule has 0 saturated heterocycles. The Balaban J connectivity index is 2.20. The summed E-state index contributed by atoms with van der Waals surface area (Å²) in [7, 11) is 0. The highest BCUT2D eigenvalue weighted by Gasteiger charge is 2.22. The van der Waals surface area contributed by atoms with E-state index in [0.717, 1.165) is 15.7 Å². The third kappa shape index (κ3) is 5.89. The summed E-state index contributed by atoms with van der Waals surface area (Å²) in [6.45, 7) is 9.90. The van der Waals surface area contributed by atoms with Gasteiger partial charge in [0.25, 0.3) is 5.91 Å². The predicted molar refractivity (Wildman–Crippen MR) is 112 cm³/mol. The molecule has 0 fully saturated rings. The van der Waals surface area contributed by atoms with Crippen molar-refractivity contribution in [3.8, 4) is 11.3 Å². The van der Waals surface area contributed by atoms with E-state index >= 15 is 0 Å². The number of carbonyl (C=O) groups is 2. The zero-order valence-electron chi connectivity index (χ0n) is 16.5. The second-order valence-electron chi connectivity index (χ2n) is 7.46. The van der Waals surface area contributed by atoms with Crippen molar-refractivity contribution in [3.05, 3.63) is 52.1 Å². The van der Waals surface area contributed by atoms with E-state index in [-0.39, 0.29) is 23.9 Å². The zero-order chi connectivity index (χ0) is 20.2. The van der Waals surface area contributed by atoms with Crippen LogP contribution in [-0.2, 0) is 4.79 Å². The number of rotatable bonds is 5. The van der Waals surface area contributed by atoms with E-state index in [2.05, 4.69) is 26.2 Å². The molecule has 0 radical (unpaired) electrons. The Hall–Kier alpha value is -2.21. The fraction of sp³-hybridized carbons (Fsp3) is 0.381. The van der Waals surface area contributed by atoms with Crippen molar-refractivity contribution < 1.29 is 9.59 Å². The van der Waals surface area contributed by atoms with Crippen molar-refractivity contribution in [3.63, 3.8) is 0 Å². The van der Waals surface area contributed by atoms with Gasteiger partial charge in [-0.15, -0.1) is 0 Å². The van der Waals surface area contributed by atoms with Crippen LogP contribution < -0.4 is 5.32 Å². The molecule has 0 bridgehead atoms. The summed E-state index contributed by atoms with van der Waals surface area (Å²) < 4.78 is 0.974. The lowest BCUT2D eigenvalue weighted by molar-refractivity contribution is -0.123. The maximum Gasteiger partial charge on any atom is 0.256 e. The highest BCUT2D eigenvalue weighted by atomic mass is 79.9. The number of amides is 2. The van der Waals surface area contributed by atoms with Gasteiger partial charge < -0.3 is 10.2 Å². The molecule has 6 heteroatoms. The van der Waals surface area contributed by atoms with Gasteiger partial charge in [0.05, 0.1) is 23.5 Å². The summed E-state index contributed by atoms with van der Waals surface area (Å²) in [6, 6.07) is 11.5. The molecular formula is C21H26BrN3O2. The van der Waals surface area contributed by atoms with Crippen molar-refractivity contribution in [2.24, 2.45) is 0 Å². The fourth-order valence-electron chi connectivity index (χ4n) is 2.72. The highest BCUT2D eigenvalue weighted by Crippen LogP contribution is 2.23. The third-order valence-corrected chi connectivity index (χ3v) is 4.45. The summed E-state index contributed by atoms with van der Waals surface area (Å²) in [5, 5.41) is 2.89. The maximum absolute atomic E-state index is 12.9. The van der Waals surface area contributed by atoms with Crippen LogP contribution in [0.3, 0.4) is 0 Å². The number of aryl methyl sites for hydroxylation is 1. The van der Waals surface area contributed by atoms with Gasteiger partial charge in [0.2, 0.25) is 5.91 Å². The average Bonchev–Trinajstić information content (AvgIpc) is 2.57. The zero-order valence-corrected chi connectivity index (χ0v) is 18.1. The number of hydrogen-bond donors (Lipinski definition) is 1. The lowest BCUT2D eigenvalue weighted by atomic mass is 10.1. The minimum absolute atomic E-state index is 0.0272. The largest absolute Gasteiger partial charge is 0.350 e. The fourth-order valence-corrected chi connectivity index (χ4v) is 3.12. The first-order chi connectivity index (χ1) is 12.6. The van der Waals surface area contributed by atoms with E-state index in [1.165, 1.54) is 4.90 Å². The standard InChI is InChI=1S/C21H26BrN3O2/c1-6-25(13-19(26)24-21(3,4)5)20(27)17-10-11-18(23-14(17)2)15-8-7-9-16(22)12-15/h7-12H,6,13H2,1-5H3,(H,24,26). The Kier molecular flexibility index (Phi) is 6.76. The molecule has 27 heavy (non-hydrogen) atoms. The summed E-state index contributed by atoms with van der Waals surface area (Å²) in [5.74, 6) is -0.360. The summed E-state index contributed by atoms with van der Waals surface area (Å²) in [6.07, 6.45) is 0. The van der Waals surface area contributed by atoms with Crippen molar-refractivity contribution in [1.82, 2.24) is 15.2 Å². The number of pyridine rings is 1. The second kappa shape index (κ2) is 8.65. The molecule has 0 unspecified atom stereocenters. The smallest absolute Gasteiger partial charge is 0.256 e. The Bertz CT molecular complexity index is 844. The van der Waals surface area contributed by atoms with Crippen LogP contribution in [0.4, 0.5) is 0 Å². The number of hydrogen-bond acceptors (Lipinski definition) is 3. The lowest BCUT2D eigenvalue weighted by Crippen LogP contribution is -2.47. The minimum atomic E-state index is -0.331. The number of nitrogens with zero attached hydrogens (tertiary/aromatic N) is 2. The minimum Gasteiger partial charge on any atom is -0.350 e. The molecular weight excluding hydrogens is 406 g/mol. The summed E-state index contributed by atoms with van der Waals surface area (Å²) in [4.78, 5) is 31.2. The number of halogens is 1. The Morgan fingerprint density at radius 1 is 1.19 bits per heavy atom. The normalized spacial score (nSPS) is 11.2. The lowest BCUT2D eigenvalue weighted by Gasteiger charge is -2.25. The first-order valence-electron chi connectivity index (χ1n) is 8.94. The molecule has 5 nitrogen and oxygen atoms in total. The molecule has 0 aliphatic carbocycles. The number of likely N-dealkylation sites (N-methyl/N-ethyl adjacent to an activating group) is 1. The predicted octanol–water partition coefficient (Wildman–Crippen LogP) is 4.20. The van der Waals surface area contributed by atoms with E-state index < -0.39 is 0 Å². The third-order valence-electron chi connectivity index (χ3n) is 3.95. The molecule has 0 aliphatic heterocycles. The van der Waals surface area contributed by atoms with Gasteiger partial charge in [-0.05, 0) is 58.9 Å². The number of carbonyl (C=O) groups excluding carboxylic acids is 2. The van der Waals surface area contributed by atoms with Crippen LogP contribution in [0.2, 0.25) is 0 Å². The molecule has 2 aromatic rings. The molecule has 1 aromatic carbocycles. The van der Waals surface area contributed by atoms with Gasteiger partial charge in [-0.3, -0.25) is 14.6 Å². The van der Waals surface area contributed by atoms with E-state index in [0.29, 0.717) is 17.8 Å². The first-order valence-corrected chi connectivity index (χ1v) is 9.74. The van der Waals surface area contributed by atoms with E-state index in [9.17, 15) is 9.59 Å². The molecule has 1 heterocycles. The van der Waals surface area contributed by atoms with Crippen LogP contribution in [0.25, 0.3) is 11.3 Å². The van der Waals surface area contributed by atoms with E-state index in [1.807, 2.05) is 65.0 Å². The van der Waals surface area contributed by atoms with Gasteiger partial charge in [-0.2, -0.15) is 0 Å². The molecule has 2 rings (SSSR count). The highest BCUT2D eigenvalue weighted by molar-refractivity contribution is 9.10. The molecule has 2 amide bonds. The number of nitrogens with one attached hydrogen (secondary N) is 1. The molecule has 144 valence electrons. The van der Waals surface area contributed by atoms with Crippen molar-refractivity contribution in [1.29, 1.82) is 0 Å². The molecule has 0 spiro atoms. The quantitative estimate of drug-likeness (QED) is 0.771. The Labute approximate surface area is 169 Å². The summed E-state index contributed by atoms with van der Waals surface area (Å²) in [5.41, 5.74) is 2.61. The van der Waals surface area contributed by atoms with Crippen molar-refractivity contribution in [2.45, 2.75) is 40.2 Å². The van der Waals surface area contributed by atoms with Gasteiger partial charge in [0.15, 0.2) is 0 Å². The Morgan fingerprint density at radius 3 is 2.44 bits per heavy atom. The van der Waals surface area contributed by atoms with Gasteiger partial charge in [0.1, 0.15) is 0 Å².